The van der Waals surface area contributed by atoms with Gasteiger partial charge in [0, 0.05) is 28.1 Å². The second-order valence-corrected chi connectivity index (χ2v) is 8.76. The number of cyclic esters (lactones) is 1. The molecule has 0 saturated carbocycles. The Kier molecular flexibility index (Phi) is 4.74. The first kappa shape index (κ1) is 20.3. The number of ketones is 1. The molecule has 0 radical (unpaired) electrons. The zero-order valence-corrected chi connectivity index (χ0v) is 18.4. The summed E-state index contributed by atoms with van der Waals surface area (Å²) in [4.78, 5) is 30.6. The highest BCUT2D eigenvalue weighted by Gasteiger charge is 2.56. The van der Waals surface area contributed by atoms with Crippen molar-refractivity contribution in [2.24, 2.45) is 5.92 Å². The molecule has 1 aliphatic rings. The molecule has 1 fully saturated rings. The molecule has 2 unspecified atom stereocenters. The molecule has 3 atom stereocenters. The van der Waals surface area contributed by atoms with E-state index in [4.69, 9.17) is 4.74 Å². The Bertz CT molecular complexity index is 1320. The van der Waals surface area contributed by atoms with Crippen molar-refractivity contribution in [2.45, 2.75) is 32.3 Å². The van der Waals surface area contributed by atoms with Gasteiger partial charge in [0.25, 0.3) is 0 Å². The minimum absolute atomic E-state index is 0.211. The maximum Gasteiger partial charge on any atom is 0.319 e. The number of esters is 1. The van der Waals surface area contributed by atoms with Crippen LogP contribution in [0.1, 0.15) is 40.8 Å². The molecule has 0 amide bonds. The molecular formula is C28H25NO3. The number of rotatable bonds is 4. The predicted molar refractivity (Wildman–Crippen MR) is 124 cm³/mol. The highest BCUT2D eigenvalue weighted by molar-refractivity contribution is 6.10. The van der Waals surface area contributed by atoms with Crippen LogP contribution in [0, 0.1) is 19.8 Å². The SMILES string of the molecule is Cc1ccc2[nH]c(C(c3ccccc3)C3C(=O)O[C@](C)(c4ccccc4)C3=O)c(C)c2c1. The molecule has 2 heterocycles. The summed E-state index contributed by atoms with van der Waals surface area (Å²) >= 11 is 0. The van der Waals surface area contributed by atoms with Gasteiger partial charge in [0.15, 0.2) is 11.4 Å². The van der Waals surface area contributed by atoms with Crippen molar-refractivity contribution in [1.29, 1.82) is 0 Å². The Labute approximate surface area is 187 Å². The van der Waals surface area contributed by atoms with Gasteiger partial charge in [0.1, 0.15) is 5.92 Å². The van der Waals surface area contributed by atoms with Gasteiger partial charge in [-0.15, -0.1) is 0 Å². The number of aromatic amines is 1. The van der Waals surface area contributed by atoms with Crippen LogP contribution in [-0.4, -0.2) is 16.7 Å². The van der Waals surface area contributed by atoms with Gasteiger partial charge in [-0.2, -0.15) is 0 Å². The normalized spacial score (nSPS) is 21.7. The lowest BCUT2D eigenvalue weighted by atomic mass is 9.76. The standard InChI is InChI=1S/C28H25NO3/c1-17-14-15-22-21(16-17)18(2)25(29-22)23(19-10-6-4-7-11-19)24-26(30)28(3,32-27(24)31)20-12-8-5-9-13-20/h4-16,23-24,29H,1-3H3/t23?,24?,28-/m1/s1. The lowest BCUT2D eigenvalue weighted by Gasteiger charge is -2.23. The summed E-state index contributed by atoms with van der Waals surface area (Å²) in [5.41, 5.74) is 4.38. The Balaban J connectivity index is 1.69. The van der Waals surface area contributed by atoms with Crippen molar-refractivity contribution in [3.63, 3.8) is 0 Å². The fraction of sp³-hybridized carbons (Fsp3) is 0.214. The maximum atomic E-state index is 13.8. The zero-order chi connectivity index (χ0) is 22.5. The van der Waals surface area contributed by atoms with Crippen LogP contribution < -0.4 is 0 Å². The Morgan fingerprint density at radius 3 is 2.25 bits per heavy atom. The van der Waals surface area contributed by atoms with Crippen molar-refractivity contribution >= 4 is 22.7 Å². The molecule has 1 saturated heterocycles. The summed E-state index contributed by atoms with van der Waals surface area (Å²) in [7, 11) is 0. The number of benzene rings is 3. The average molecular weight is 424 g/mol. The molecule has 4 nitrogen and oxygen atoms in total. The number of ether oxygens (including phenoxy) is 1. The van der Waals surface area contributed by atoms with E-state index in [0.717, 1.165) is 33.3 Å². The fourth-order valence-corrected chi connectivity index (χ4v) is 4.92. The molecule has 0 bridgehead atoms. The molecule has 1 N–H and O–H groups in total. The summed E-state index contributed by atoms with van der Waals surface area (Å²) in [6, 6.07) is 25.3. The van der Waals surface area contributed by atoms with Crippen molar-refractivity contribution in [2.75, 3.05) is 0 Å². The highest BCUT2D eigenvalue weighted by Crippen LogP contribution is 2.46. The van der Waals surface area contributed by atoms with Crippen LogP contribution in [0.2, 0.25) is 0 Å². The minimum atomic E-state index is -1.30. The van der Waals surface area contributed by atoms with Gasteiger partial charge in [-0.25, -0.2) is 0 Å². The van der Waals surface area contributed by atoms with Crippen LogP contribution in [0.3, 0.4) is 0 Å². The van der Waals surface area contributed by atoms with Crippen molar-refractivity contribution < 1.29 is 14.3 Å². The largest absolute Gasteiger partial charge is 0.446 e. The molecular weight excluding hydrogens is 398 g/mol. The van der Waals surface area contributed by atoms with Crippen LogP contribution in [0.25, 0.3) is 10.9 Å². The van der Waals surface area contributed by atoms with E-state index in [-0.39, 0.29) is 5.78 Å². The van der Waals surface area contributed by atoms with E-state index in [9.17, 15) is 9.59 Å². The minimum Gasteiger partial charge on any atom is -0.446 e. The number of carbonyl (C=O) groups is 2. The van der Waals surface area contributed by atoms with Gasteiger partial charge < -0.3 is 9.72 Å². The second kappa shape index (κ2) is 7.49. The van der Waals surface area contributed by atoms with Gasteiger partial charge in [0.05, 0.1) is 0 Å². The summed E-state index contributed by atoms with van der Waals surface area (Å²) in [5, 5.41) is 1.10. The molecule has 160 valence electrons. The smallest absolute Gasteiger partial charge is 0.319 e. The van der Waals surface area contributed by atoms with E-state index < -0.39 is 23.4 Å². The van der Waals surface area contributed by atoms with Crippen LogP contribution in [0.4, 0.5) is 0 Å². The number of hydrogen-bond donors (Lipinski definition) is 1. The van der Waals surface area contributed by atoms with E-state index in [1.165, 1.54) is 0 Å². The number of fused-ring (bicyclic) bond motifs is 1. The third kappa shape index (κ3) is 3.06. The molecule has 4 aromatic rings. The highest BCUT2D eigenvalue weighted by atomic mass is 16.6. The number of carbonyl (C=O) groups excluding carboxylic acids is 2. The number of H-pyrrole nitrogens is 1. The van der Waals surface area contributed by atoms with Crippen molar-refractivity contribution in [3.05, 3.63) is 107 Å². The topological polar surface area (TPSA) is 59.2 Å². The Hall–Kier alpha value is -3.66. The third-order valence-electron chi connectivity index (χ3n) is 6.69. The molecule has 1 aliphatic heterocycles. The van der Waals surface area contributed by atoms with E-state index in [1.807, 2.05) is 73.7 Å². The first-order valence-electron chi connectivity index (χ1n) is 10.9. The molecule has 32 heavy (non-hydrogen) atoms. The number of aromatic nitrogens is 1. The van der Waals surface area contributed by atoms with E-state index >= 15 is 0 Å². The summed E-state index contributed by atoms with van der Waals surface area (Å²) in [6.07, 6.45) is 0. The van der Waals surface area contributed by atoms with Crippen LogP contribution >= 0.6 is 0 Å². The lowest BCUT2D eigenvalue weighted by Crippen LogP contribution is -2.33. The molecule has 4 heteroatoms. The Morgan fingerprint density at radius 2 is 1.56 bits per heavy atom. The number of hydrogen-bond acceptors (Lipinski definition) is 3. The molecule has 3 aromatic carbocycles. The molecule has 5 rings (SSSR count). The number of aryl methyl sites for hydroxylation is 2. The van der Waals surface area contributed by atoms with E-state index in [1.54, 1.807) is 6.92 Å². The van der Waals surface area contributed by atoms with Crippen LogP contribution in [0.15, 0.2) is 78.9 Å². The van der Waals surface area contributed by atoms with Gasteiger partial charge in [-0.3, -0.25) is 9.59 Å². The zero-order valence-electron chi connectivity index (χ0n) is 18.4. The monoisotopic (exact) mass is 423 g/mol. The van der Waals surface area contributed by atoms with Gasteiger partial charge in [0.2, 0.25) is 0 Å². The quantitative estimate of drug-likeness (QED) is 0.345. The number of nitrogens with one attached hydrogen (secondary N) is 1. The second-order valence-electron chi connectivity index (χ2n) is 8.76. The van der Waals surface area contributed by atoms with Crippen LogP contribution in [0.5, 0.6) is 0 Å². The lowest BCUT2D eigenvalue weighted by molar-refractivity contribution is -0.152. The maximum absolute atomic E-state index is 13.8. The molecule has 0 spiro atoms. The average Bonchev–Trinajstić information content (AvgIpc) is 3.24. The molecule has 1 aromatic heterocycles. The van der Waals surface area contributed by atoms with Gasteiger partial charge in [-0.1, -0.05) is 72.3 Å². The van der Waals surface area contributed by atoms with Crippen LogP contribution in [-0.2, 0) is 19.9 Å². The summed E-state index contributed by atoms with van der Waals surface area (Å²) in [5.74, 6) is -2.09. The fourth-order valence-electron chi connectivity index (χ4n) is 4.92. The predicted octanol–water partition coefficient (Wildman–Crippen LogP) is 5.57. The van der Waals surface area contributed by atoms with E-state index in [0.29, 0.717) is 5.56 Å². The summed E-state index contributed by atoms with van der Waals surface area (Å²) < 4.78 is 5.81. The van der Waals surface area contributed by atoms with Gasteiger partial charge in [-0.05, 0) is 44.0 Å². The molecule has 0 aliphatic carbocycles. The first-order chi connectivity index (χ1) is 15.4. The first-order valence-corrected chi connectivity index (χ1v) is 10.9. The van der Waals surface area contributed by atoms with Crippen molar-refractivity contribution in [1.82, 2.24) is 4.98 Å². The van der Waals surface area contributed by atoms with Gasteiger partial charge >= 0.3 is 5.97 Å². The third-order valence-corrected chi connectivity index (χ3v) is 6.69. The van der Waals surface area contributed by atoms with Crippen molar-refractivity contribution in [3.8, 4) is 0 Å². The Morgan fingerprint density at radius 1 is 0.906 bits per heavy atom. The summed E-state index contributed by atoms with van der Waals surface area (Å²) in [6.45, 7) is 5.81. The van der Waals surface area contributed by atoms with E-state index in [2.05, 4.69) is 24.0 Å². The number of Topliss-reactive ketones (excluding diaryl/α,β-unsaturated/α-hetero) is 1.